The molecule has 0 aliphatic rings. The minimum atomic E-state index is -4.78. The molecule has 0 spiro atoms. The number of ether oxygens (including phenoxy) is 2. The van der Waals surface area contributed by atoms with E-state index in [-0.39, 0.29) is 30.2 Å². The molecular formula is C16H12F5NO3. The highest BCUT2D eigenvalue weighted by atomic mass is 19.4. The fourth-order valence-electron chi connectivity index (χ4n) is 1.84. The lowest BCUT2D eigenvalue weighted by Crippen LogP contribution is -2.28. The Kier molecular flexibility index (Phi) is 5.79. The summed E-state index contributed by atoms with van der Waals surface area (Å²) < 4.78 is 71.1. The maximum atomic E-state index is 13.4. The number of amides is 1. The van der Waals surface area contributed by atoms with E-state index in [1.54, 1.807) is 0 Å². The molecule has 1 N–H and O–H groups in total. The van der Waals surface area contributed by atoms with Crippen LogP contribution in [0, 0.1) is 11.6 Å². The Balaban J connectivity index is 1.78. The third-order valence-electron chi connectivity index (χ3n) is 2.89. The monoisotopic (exact) mass is 361 g/mol. The summed E-state index contributed by atoms with van der Waals surface area (Å²) in [5.41, 5.74) is -0.310. The molecule has 0 aromatic heterocycles. The zero-order valence-electron chi connectivity index (χ0n) is 12.6. The molecule has 2 rings (SSSR count). The average molecular weight is 361 g/mol. The Morgan fingerprint density at radius 3 is 2.24 bits per heavy atom. The fraction of sp³-hybridized carbons (Fsp3) is 0.188. The van der Waals surface area contributed by atoms with Gasteiger partial charge in [0.1, 0.15) is 29.7 Å². The Hall–Kier alpha value is -2.84. The average Bonchev–Trinajstić information content (AvgIpc) is 2.51. The molecule has 0 bridgehead atoms. The maximum absolute atomic E-state index is 13.4. The van der Waals surface area contributed by atoms with Crippen LogP contribution in [0.3, 0.4) is 0 Å². The van der Waals surface area contributed by atoms with Crippen LogP contribution in [-0.4, -0.2) is 25.4 Å². The number of nitrogens with one attached hydrogen (secondary N) is 1. The van der Waals surface area contributed by atoms with Gasteiger partial charge in [0.15, 0.2) is 0 Å². The molecule has 0 atom stereocenters. The number of halogens is 5. The number of hydrogen-bond acceptors (Lipinski definition) is 3. The first-order chi connectivity index (χ1) is 11.7. The van der Waals surface area contributed by atoms with E-state index < -0.39 is 23.9 Å². The number of rotatable bonds is 6. The molecule has 0 unspecified atom stereocenters. The zero-order valence-corrected chi connectivity index (χ0v) is 12.6. The van der Waals surface area contributed by atoms with Crippen molar-refractivity contribution in [1.29, 1.82) is 0 Å². The first-order valence-corrected chi connectivity index (χ1v) is 6.96. The van der Waals surface area contributed by atoms with Gasteiger partial charge < -0.3 is 14.8 Å². The van der Waals surface area contributed by atoms with Crippen molar-refractivity contribution in [3.8, 4) is 11.5 Å². The van der Waals surface area contributed by atoms with Crippen LogP contribution in [0.2, 0.25) is 0 Å². The van der Waals surface area contributed by atoms with Gasteiger partial charge in [-0.25, -0.2) is 8.78 Å². The van der Waals surface area contributed by atoms with Crippen LogP contribution in [-0.2, 0) is 0 Å². The Morgan fingerprint density at radius 2 is 1.64 bits per heavy atom. The molecule has 0 fully saturated rings. The predicted octanol–water partition coefficient (Wildman–Crippen LogP) is 3.67. The van der Waals surface area contributed by atoms with Crippen molar-refractivity contribution in [2.24, 2.45) is 0 Å². The zero-order chi connectivity index (χ0) is 18.4. The summed E-state index contributed by atoms with van der Waals surface area (Å²) in [4.78, 5) is 11.7. The van der Waals surface area contributed by atoms with E-state index >= 15 is 0 Å². The van der Waals surface area contributed by atoms with Crippen molar-refractivity contribution >= 4 is 5.91 Å². The molecule has 0 aliphatic carbocycles. The summed E-state index contributed by atoms with van der Waals surface area (Å²) in [5.74, 6) is -2.65. The lowest BCUT2D eigenvalue weighted by Gasteiger charge is -2.10. The number of hydrogen-bond donors (Lipinski definition) is 1. The van der Waals surface area contributed by atoms with Gasteiger partial charge in [-0.2, -0.15) is 0 Å². The summed E-state index contributed by atoms with van der Waals surface area (Å²) in [6.45, 7) is 0.00445. The Morgan fingerprint density at radius 1 is 1.00 bits per heavy atom. The van der Waals surface area contributed by atoms with Gasteiger partial charge in [-0.1, -0.05) is 0 Å². The van der Waals surface area contributed by atoms with Crippen LogP contribution in [0.4, 0.5) is 22.0 Å². The summed E-state index contributed by atoms with van der Waals surface area (Å²) >= 11 is 0. The van der Waals surface area contributed by atoms with E-state index in [1.807, 2.05) is 0 Å². The van der Waals surface area contributed by atoms with E-state index in [0.29, 0.717) is 6.07 Å². The second-order valence-electron chi connectivity index (χ2n) is 4.75. The van der Waals surface area contributed by atoms with Gasteiger partial charge in [-0.3, -0.25) is 4.79 Å². The second-order valence-corrected chi connectivity index (χ2v) is 4.75. The topological polar surface area (TPSA) is 47.6 Å². The smallest absolute Gasteiger partial charge is 0.492 e. The molecule has 0 radical (unpaired) electrons. The first-order valence-electron chi connectivity index (χ1n) is 6.96. The van der Waals surface area contributed by atoms with Crippen LogP contribution < -0.4 is 14.8 Å². The van der Waals surface area contributed by atoms with E-state index in [9.17, 15) is 26.7 Å². The molecule has 1 amide bonds. The van der Waals surface area contributed by atoms with Crippen LogP contribution in [0.1, 0.15) is 10.4 Å². The highest BCUT2D eigenvalue weighted by Crippen LogP contribution is 2.24. The summed E-state index contributed by atoms with van der Waals surface area (Å²) in [5, 5.41) is 2.37. The van der Waals surface area contributed by atoms with Crippen molar-refractivity contribution in [2.75, 3.05) is 13.2 Å². The van der Waals surface area contributed by atoms with Crippen LogP contribution >= 0.6 is 0 Å². The van der Waals surface area contributed by atoms with Gasteiger partial charge >= 0.3 is 6.36 Å². The van der Waals surface area contributed by atoms with E-state index in [1.165, 1.54) is 12.1 Å². The molecule has 0 aliphatic heterocycles. The van der Waals surface area contributed by atoms with Crippen molar-refractivity contribution in [3.63, 3.8) is 0 Å². The van der Waals surface area contributed by atoms with Crippen LogP contribution in [0.15, 0.2) is 42.5 Å². The highest BCUT2D eigenvalue weighted by molar-refractivity contribution is 5.94. The number of carbonyl (C=O) groups excluding carboxylic acids is 1. The van der Waals surface area contributed by atoms with Crippen molar-refractivity contribution in [1.82, 2.24) is 5.32 Å². The molecule has 25 heavy (non-hydrogen) atoms. The number of carbonyl (C=O) groups is 1. The van der Waals surface area contributed by atoms with Gasteiger partial charge in [0.25, 0.3) is 5.91 Å². The van der Waals surface area contributed by atoms with Crippen LogP contribution in [0.25, 0.3) is 0 Å². The fourth-order valence-corrected chi connectivity index (χ4v) is 1.84. The minimum Gasteiger partial charge on any atom is -0.492 e. The molecule has 0 saturated heterocycles. The summed E-state index contributed by atoms with van der Waals surface area (Å²) in [6.07, 6.45) is -4.78. The third kappa shape index (κ3) is 5.94. The molecule has 4 nitrogen and oxygen atoms in total. The Bertz CT molecular complexity index is 732. The molecule has 0 saturated carbocycles. The largest absolute Gasteiger partial charge is 0.573 e. The molecule has 2 aromatic rings. The third-order valence-corrected chi connectivity index (χ3v) is 2.89. The molecule has 0 heterocycles. The number of benzene rings is 2. The van der Waals surface area contributed by atoms with E-state index in [2.05, 4.69) is 10.1 Å². The SMILES string of the molecule is O=C(NCCOc1ccc(OC(F)(F)F)cc1)c1ccc(F)cc1F. The first kappa shape index (κ1) is 18.5. The molecule has 9 heteroatoms. The molecule has 134 valence electrons. The van der Waals surface area contributed by atoms with Crippen molar-refractivity contribution in [3.05, 3.63) is 59.7 Å². The normalized spacial score (nSPS) is 11.1. The lowest BCUT2D eigenvalue weighted by atomic mass is 10.2. The van der Waals surface area contributed by atoms with Gasteiger partial charge in [-0.15, -0.1) is 13.2 Å². The minimum absolute atomic E-state index is 0.00592. The summed E-state index contributed by atoms with van der Waals surface area (Å²) in [7, 11) is 0. The van der Waals surface area contributed by atoms with Gasteiger partial charge in [-0.05, 0) is 36.4 Å². The van der Waals surface area contributed by atoms with E-state index in [4.69, 9.17) is 4.74 Å². The van der Waals surface area contributed by atoms with Gasteiger partial charge in [0.2, 0.25) is 0 Å². The quantitative estimate of drug-likeness (QED) is 0.631. The number of alkyl halides is 3. The Labute approximate surface area is 139 Å². The maximum Gasteiger partial charge on any atom is 0.573 e. The van der Waals surface area contributed by atoms with Crippen molar-refractivity contribution in [2.45, 2.75) is 6.36 Å². The lowest BCUT2D eigenvalue weighted by molar-refractivity contribution is -0.274. The standard InChI is InChI=1S/C16H12F5NO3/c17-10-1-6-13(14(18)9-10)15(23)22-7-8-24-11-2-4-12(5-3-11)25-16(19,20)21/h1-6,9H,7-8H2,(H,22,23). The van der Waals surface area contributed by atoms with E-state index in [0.717, 1.165) is 24.3 Å². The van der Waals surface area contributed by atoms with Crippen molar-refractivity contribution < 1.29 is 36.2 Å². The van der Waals surface area contributed by atoms with Gasteiger partial charge in [0.05, 0.1) is 12.1 Å². The second kappa shape index (κ2) is 7.82. The van der Waals surface area contributed by atoms with Gasteiger partial charge in [0, 0.05) is 6.07 Å². The molecule has 2 aromatic carbocycles. The molecular weight excluding hydrogens is 349 g/mol. The summed E-state index contributed by atoms with van der Waals surface area (Å²) in [6, 6.07) is 7.25. The highest BCUT2D eigenvalue weighted by Gasteiger charge is 2.30. The van der Waals surface area contributed by atoms with Crippen LogP contribution in [0.5, 0.6) is 11.5 Å². The predicted molar refractivity (Wildman–Crippen MR) is 77.3 cm³/mol.